The minimum Gasteiger partial charge on any atom is -0.453 e. The Morgan fingerprint density at radius 3 is 2.93 bits per heavy atom. The zero-order valence-electron chi connectivity index (χ0n) is 7.90. The smallest absolute Gasteiger partial charge is 0.394 e. The molecule has 0 aliphatic carbocycles. The first kappa shape index (κ1) is 8.74. The Bertz CT molecular complexity index is 487. The van der Waals surface area contributed by atoms with Crippen molar-refractivity contribution in [2.24, 2.45) is 0 Å². The van der Waals surface area contributed by atoms with Gasteiger partial charge in [0.05, 0.1) is 7.11 Å². The summed E-state index contributed by atoms with van der Waals surface area (Å²) in [5.74, 6) is 0.00210. The zero-order valence-corrected chi connectivity index (χ0v) is 7.90. The number of fused-ring (bicyclic) bond motifs is 1. The Labute approximate surface area is 80.5 Å². The van der Waals surface area contributed by atoms with E-state index in [2.05, 4.69) is 4.98 Å². The summed E-state index contributed by atoms with van der Waals surface area (Å²) in [4.78, 5) is 15.1. The predicted octanol–water partition coefficient (Wildman–Crippen LogP) is 2.04. The summed E-state index contributed by atoms with van der Waals surface area (Å²) in [7, 11) is 1.48. The molecule has 0 fully saturated rings. The number of benzene rings is 1. The number of carbonyl (C=O) groups is 1. The summed E-state index contributed by atoms with van der Waals surface area (Å²) in [5.41, 5.74) is 1.86. The van der Waals surface area contributed by atoms with E-state index < -0.39 is 0 Å². The number of oxazole rings is 1. The average molecular weight is 191 g/mol. The van der Waals surface area contributed by atoms with Crippen LogP contribution in [0.3, 0.4) is 0 Å². The molecule has 72 valence electrons. The molecule has 1 heterocycles. The maximum absolute atomic E-state index is 11.1. The topological polar surface area (TPSA) is 52.3 Å². The van der Waals surface area contributed by atoms with E-state index in [1.807, 2.05) is 0 Å². The van der Waals surface area contributed by atoms with Crippen LogP contribution in [0, 0.1) is 0 Å². The normalized spacial score (nSPS) is 10.4. The molecule has 4 heteroatoms. The SMILES string of the molecule is COc1nc2ccc(C(C)=O)cc2o1. The van der Waals surface area contributed by atoms with Crippen LogP contribution in [0.5, 0.6) is 6.08 Å². The van der Waals surface area contributed by atoms with Crippen molar-refractivity contribution < 1.29 is 13.9 Å². The Balaban J connectivity index is 2.59. The highest BCUT2D eigenvalue weighted by Crippen LogP contribution is 2.21. The summed E-state index contributed by atoms with van der Waals surface area (Å²) in [6.07, 6.45) is 0.209. The van der Waals surface area contributed by atoms with Crippen molar-refractivity contribution in [2.75, 3.05) is 7.11 Å². The molecule has 0 saturated heterocycles. The van der Waals surface area contributed by atoms with Gasteiger partial charge in [0, 0.05) is 5.56 Å². The monoisotopic (exact) mass is 191 g/mol. The highest BCUT2D eigenvalue weighted by atomic mass is 16.6. The van der Waals surface area contributed by atoms with E-state index >= 15 is 0 Å². The van der Waals surface area contributed by atoms with Gasteiger partial charge >= 0.3 is 6.08 Å². The van der Waals surface area contributed by atoms with Gasteiger partial charge in [-0.2, -0.15) is 4.98 Å². The third kappa shape index (κ3) is 1.35. The molecule has 0 radical (unpaired) electrons. The van der Waals surface area contributed by atoms with Crippen molar-refractivity contribution in [3.63, 3.8) is 0 Å². The van der Waals surface area contributed by atoms with Crippen LogP contribution in [-0.2, 0) is 0 Å². The minimum atomic E-state index is 0.00210. The third-order valence-corrected chi connectivity index (χ3v) is 1.95. The molecular formula is C10H9NO3. The van der Waals surface area contributed by atoms with E-state index in [9.17, 15) is 4.79 Å². The quantitative estimate of drug-likeness (QED) is 0.681. The second-order valence-corrected chi connectivity index (χ2v) is 2.92. The van der Waals surface area contributed by atoms with Gasteiger partial charge in [0.1, 0.15) is 5.52 Å². The number of Topliss-reactive ketones (excluding diaryl/α,β-unsaturated/α-hetero) is 1. The van der Waals surface area contributed by atoms with Crippen LogP contribution in [-0.4, -0.2) is 17.9 Å². The van der Waals surface area contributed by atoms with Crippen molar-refractivity contribution in [1.82, 2.24) is 4.98 Å². The summed E-state index contributed by atoms with van der Waals surface area (Å²) >= 11 is 0. The van der Waals surface area contributed by atoms with Crippen molar-refractivity contribution in [3.8, 4) is 6.08 Å². The lowest BCUT2D eigenvalue weighted by Crippen LogP contribution is -1.89. The van der Waals surface area contributed by atoms with E-state index in [0.717, 1.165) is 0 Å². The molecular weight excluding hydrogens is 182 g/mol. The van der Waals surface area contributed by atoms with Crippen LogP contribution in [0.4, 0.5) is 0 Å². The van der Waals surface area contributed by atoms with Crippen LogP contribution in [0.25, 0.3) is 11.1 Å². The fourth-order valence-corrected chi connectivity index (χ4v) is 1.21. The fraction of sp³-hybridized carbons (Fsp3) is 0.200. The Morgan fingerprint density at radius 1 is 1.50 bits per heavy atom. The van der Waals surface area contributed by atoms with Crippen molar-refractivity contribution in [3.05, 3.63) is 23.8 Å². The van der Waals surface area contributed by atoms with Crippen LogP contribution in [0.15, 0.2) is 22.6 Å². The Kier molecular flexibility index (Phi) is 1.96. The molecule has 0 bridgehead atoms. The second-order valence-electron chi connectivity index (χ2n) is 2.92. The molecule has 0 spiro atoms. The van der Waals surface area contributed by atoms with Crippen LogP contribution >= 0.6 is 0 Å². The molecule has 4 nitrogen and oxygen atoms in total. The first-order valence-electron chi connectivity index (χ1n) is 4.16. The number of nitrogens with zero attached hydrogens (tertiary/aromatic N) is 1. The number of rotatable bonds is 2. The lowest BCUT2D eigenvalue weighted by Gasteiger charge is -1.92. The lowest BCUT2D eigenvalue weighted by atomic mass is 10.1. The van der Waals surface area contributed by atoms with Gasteiger partial charge in [-0.25, -0.2) is 0 Å². The van der Waals surface area contributed by atoms with Gasteiger partial charge in [-0.3, -0.25) is 4.79 Å². The molecule has 0 aliphatic rings. The van der Waals surface area contributed by atoms with E-state index in [1.54, 1.807) is 18.2 Å². The van der Waals surface area contributed by atoms with E-state index in [1.165, 1.54) is 14.0 Å². The maximum Gasteiger partial charge on any atom is 0.394 e. The van der Waals surface area contributed by atoms with Gasteiger partial charge in [-0.05, 0) is 25.1 Å². The predicted molar refractivity (Wildman–Crippen MR) is 50.6 cm³/mol. The highest BCUT2D eigenvalue weighted by Gasteiger charge is 2.07. The average Bonchev–Trinajstić information content (AvgIpc) is 2.58. The largest absolute Gasteiger partial charge is 0.453 e. The number of ketones is 1. The van der Waals surface area contributed by atoms with Gasteiger partial charge in [0.25, 0.3) is 0 Å². The summed E-state index contributed by atoms with van der Waals surface area (Å²) in [5, 5.41) is 0. The molecule has 2 aromatic rings. The van der Waals surface area contributed by atoms with Crippen LogP contribution in [0.1, 0.15) is 17.3 Å². The van der Waals surface area contributed by atoms with E-state index in [0.29, 0.717) is 16.7 Å². The Morgan fingerprint density at radius 2 is 2.29 bits per heavy atom. The van der Waals surface area contributed by atoms with Gasteiger partial charge < -0.3 is 9.15 Å². The number of methoxy groups -OCH3 is 1. The lowest BCUT2D eigenvalue weighted by molar-refractivity contribution is 0.101. The maximum atomic E-state index is 11.1. The van der Waals surface area contributed by atoms with Crippen molar-refractivity contribution in [2.45, 2.75) is 6.92 Å². The fourth-order valence-electron chi connectivity index (χ4n) is 1.21. The molecule has 0 unspecified atom stereocenters. The zero-order chi connectivity index (χ0) is 10.1. The number of hydrogen-bond donors (Lipinski definition) is 0. The van der Waals surface area contributed by atoms with Gasteiger partial charge in [0.2, 0.25) is 0 Å². The van der Waals surface area contributed by atoms with E-state index in [4.69, 9.17) is 9.15 Å². The third-order valence-electron chi connectivity index (χ3n) is 1.95. The molecule has 2 rings (SSSR count). The Hall–Kier alpha value is -1.84. The molecule has 1 aromatic heterocycles. The molecule has 1 aromatic carbocycles. The molecule has 0 saturated carbocycles. The standard InChI is InChI=1S/C10H9NO3/c1-6(12)7-3-4-8-9(5-7)14-10(11-8)13-2/h3-5H,1-2H3. The highest BCUT2D eigenvalue weighted by molar-refractivity contribution is 5.96. The van der Waals surface area contributed by atoms with Crippen molar-refractivity contribution in [1.29, 1.82) is 0 Å². The second kappa shape index (κ2) is 3.14. The van der Waals surface area contributed by atoms with Gasteiger partial charge in [0.15, 0.2) is 11.4 Å². The van der Waals surface area contributed by atoms with E-state index in [-0.39, 0.29) is 11.9 Å². The van der Waals surface area contributed by atoms with Crippen LogP contribution in [0.2, 0.25) is 0 Å². The van der Waals surface area contributed by atoms with Gasteiger partial charge in [-0.1, -0.05) is 0 Å². The first-order chi connectivity index (χ1) is 6.70. The van der Waals surface area contributed by atoms with Crippen molar-refractivity contribution >= 4 is 16.9 Å². The molecule has 14 heavy (non-hydrogen) atoms. The van der Waals surface area contributed by atoms with Gasteiger partial charge in [-0.15, -0.1) is 0 Å². The minimum absolute atomic E-state index is 0.00210. The molecule has 0 N–H and O–H groups in total. The van der Waals surface area contributed by atoms with Crippen LogP contribution < -0.4 is 4.74 Å². The number of hydrogen-bond acceptors (Lipinski definition) is 4. The number of ether oxygens (including phenoxy) is 1. The number of aromatic nitrogens is 1. The molecule has 0 aliphatic heterocycles. The number of carbonyl (C=O) groups excluding carboxylic acids is 1. The molecule has 0 atom stereocenters. The summed E-state index contributed by atoms with van der Waals surface area (Å²) < 4.78 is 10.1. The first-order valence-corrected chi connectivity index (χ1v) is 4.16. The molecule has 0 amide bonds. The summed E-state index contributed by atoms with van der Waals surface area (Å²) in [6, 6.07) is 5.11. The summed E-state index contributed by atoms with van der Waals surface area (Å²) in [6.45, 7) is 1.51.